The van der Waals surface area contributed by atoms with E-state index in [1.54, 1.807) is 0 Å². The highest BCUT2D eigenvalue weighted by molar-refractivity contribution is 5.71. The lowest BCUT2D eigenvalue weighted by Gasteiger charge is -2.18. The van der Waals surface area contributed by atoms with Crippen molar-refractivity contribution in [3.63, 3.8) is 0 Å². The number of hydrogen-bond donors (Lipinski definition) is 0. The first-order chi connectivity index (χ1) is 31.5. The molecule has 1 unspecified atom stereocenters. The number of hydrogen-bond acceptors (Lipinski definition) is 6. The van der Waals surface area contributed by atoms with Crippen LogP contribution >= 0.6 is 0 Å². The van der Waals surface area contributed by atoms with Gasteiger partial charge >= 0.3 is 17.9 Å². The maximum absolute atomic E-state index is 12.8. The molecule has 0 radical (unpaired) electrons. The number of rotatable bonds is 44. The fourth-order valence-corrected chi connectivity index (χ4v) is 6.48. The van der Waals surface area contributed by atoms with Crippen molar-refractivity contribution in [2.75, 3.05) is 13.2 Å². The van der Waals surface area contributed by atoms with Crippen molar-refractivity contribution in [3.05, 3.63) is 122 Å². The normalized spacial score (nSPS) is 13.1. The Balaban J connectivity index is 4.56. The van der Waals surface area contributed by atoms with Crippen molar-refractivity contribution < 1.29 is 28.6 Å². The van der Waals surface area contributed by atoms with E-state index in [1.165, 1.54) is 57.8 Å². The molecule has 0 heterocycles. The van der Waals surface area contributed by atoms with Crippen LogP contribution < -0.4 is 0 Å². The van der Waals surface area contributed by atoms with E-state index in [-0.39, 0.29) is 37.5 Å². The third-order valence-corrected chi connectivity index (χ3v) is 10.3. The minimum absolute atomic E-state index is 0.123. The highest BCUT2D eigenvalue weighted by Gasteiger charge is 2.19. The summed E-state index contributed by atoms with van der Waals surface area (Å²) in [5.41, 5.74) is 0. The summed E-state index contributed by atoms with van der Waals surface area (Å²) in [5.74, 6) is -1.03. The fraction of sp³-hybridized carbons (Fsp3) is 0.603. The number of esters is 3. The van der Waals surface area contributed by atoms with Gasteiger partial charge in [0.05, 0.1) is 0 Å². The molecule has 0 fully saturated rings. The van der Waals surface area contributed by atoms with Gasteiger partial charge in [-0.15, -0.1) is 0 Å². The van der Waals surface area contributed by atoms with Crippen molar-refractivity contribution in [2.24, 2.45) is 0 Å². The third-order valence-electron chi connectivity index (χ3n) is 10.3. The molecule has 0 aromatic heterocycles. The van der Waals surface area contributed by atoms with Crippen LogP contribution in [0.1, 0.15) is 207 Å². The summed E-state index contributed by atoms with van der Waals surface area (Å²) in [7, 11) is 0. The number of ether oxygens (including phenoxy) is 3. The van der Waals surface area contributed by atoms with Crippen molar-refractivity contribution in [3.8, 4) is 0 Å². The highest BCUT2D eigenvalue weighted by atomic mass is 16.6. The molecule has 0 aliphatic rings. The lowest BCUT2D eigenvalue weighted by Crippen LogP contribution is -2.30. The van der Waals surface area contributed by atoms with Crippen molar-refractivity contribution in [1.82, 2.24) is 0 Å². The molecule has 0 aliphatic carbocycles. The molecule has 0 aliphatic heterocycles. The van der Waals surface area contributed by atoms with Gasteiger partial charge in [-0.2, -0.15) is 0 Å². The first-order valence-electron chi connectivity index (χ1n) is 25.6. The molecule has 0 bridgehead atoms. The maximum Gasteiger partial charge on any atom is 0.306 e. The second-order valence-electron chi connectivity index (χ2n) is 16.4. The van der Waals surface area contributed by atoms with Gasteiger partial charge < -0.3 is 14.2 Å². The van der Waals surface area contributed by atoms with Gasteiger partial charge in [-0.1, -0.05) is 206 Å². The van der Waals surface area contributed by atoms with E-state index < -0.39 is 6.10 Å². The minimum Gasteiger partial charge on any atom is -0.462 e. The summed E-state index contributed by atoms with van der Waals surface area (Å²) >= 11 is 0. The van der Waals surface area contributed by atoms with Crippen LogP contribution in [-0.2, 0) is 28.6 Å². The van der Waals surface area contributed by atoms with Gasteiger partial charge in [0, 0.05) is 19.3 Å². The Morgan fingerprint density at radius 1 is 0.344 bits per heavy atom. The van der Waals surface area contributed by atoms with Gasteiger partial charge in [-0.05, 0) is 103 Å². The molecule has 360 valence electrons. The van der Waals surface area contributed by atoms with Crippen LogP contribution in [0.5, 0.6) is 0 Å². The molecule has 0 amide bonds. The Kier molecular flexibility index (Phi) is 48.1. The van der Waals surface area contributed by atoms with Gasteiger partial charge in [-0.3, -0.25) is 14.4 Å². The molecular formula is C58H92O6. The molecule has 6 nitrogen and oxygen atoms in total. The zero-order chi connectivity index (χ0) is 46.5. The topological polar surface area (TPSA) is 78.9 Å². The molecule has 0 saturated carbocycles. The predicted octanol–water partition coefficient (Wildman–Crippen LogP) is 16.9. The molecule has 6 heteroatoms. The van der Waals surface area contributed by atoms with Crippen LogP contribution in [0.2, 0.25) is 0 Å². The van der Waals surface area contributed by atoms with E-state index in [1.807, 2.05) is 36.5 Å². The van der Waals surface area contributed by atoms with E-state index in [0.717, 1.165) is 103 Å². The summed E-state index contributed by atoms with van der Waals surface area (Å²) in [4.78, 5) is 37.9. The maximum atomic E-state index is 12.8. The highest BCUT2D eigenvalue weighted by Crippen LogP contribution is 2.13. The second kappa shape index (κ2) is 51.4. The fourth-order valence-electron chi connectivity index (χ4n) is 6.48. The average molecular weight is 885 g/mol. The van der Waals surface area contributed by atoms with Crippen LogP contribution in [0, 0.1) is 0 Å². The Bertz CT molecular complexity index is 1390. The van der Waals surface area contributed by atoms with Crippen molar-refractivity contribution in [2.45, 2.75) is 213 Å². The number of unbranched alkanes of at least 4 members (excludes halogenated alkanes) is 16. The summed E-state index contributed by atoms with van der Waals surface area (Å²) < 4.78 is 16.7. The van der Waals surface area contributed by atoms with E-state index in [2.05, 4.69) is 106 Å². The molecular weight excluding hydrogens is 793 g/mol. The van der Waals surface area contributed by atoms with E-state index in [0.29, 0.717) is 19.3 Å². The monoisotopic (exact) mass is 885 g/mol. The third kappa shape index (κ3) is 48.8. The van der Waals surface area contributed by atoms with E-state index >= 15 is 0 Å². The molecule has 0 aromatic carbocycles. The smallest absolute Gasteiger partial charge is 0.306 e. The van der Waals surface area contributed by atoms with Gasteiger partial charge in [0.25, 0.3) is 0 Å². The number of allylic oxidation sites excluding steroid dienone is 20. The predicted molar refractivity (Wildman–Crippen MR) is 274 cm³/mol. The van der Waals surface area contributed by atoms with Gasteiger partial charge in [0.15, 0.2) is 6.10 Å². The van der Waals surface area contributed by atoms with Crippen LogP contribution in [0.15, 0.2) is 122 Å². The van der Waals surface area contributed by atoms with Crippen LogP contribution in [0.25, 0.3) is 0 Å². The molecule has 0 N–H and O–H groups in total. The van der Waals surface area contributed by atoms with Gasteiger partial charge in [0.1, 0.15) is 13.2 Å². The van der Waals surface area contributed by atoms with Crippen molar-refractivity contribution >= 4 is 17.9 Å². The summed E-state index contributed by atoms with van der Waals surface area (Å²) in [6, 6.07) is 0. The SMILES string of the molecule is CC/C=C/C=C/C=C/C=C/CCCCCC(=O)OCC(COC(=O)CCC/C=C/C/C=C/C/C=C/C/C=C/C/C=C/CC)OC(=O)CCCCCCC/C=C/CCCCCCCCC. The minimum atomic E-state index is -0.824. The van der Waals surface area contributed by atoms with Crippen molar-refractivity contribution in [1.29, 1.82) is 0 Å². The van der Waals surface area contributed by atoms with E-state index in [4.69, 9.17) is 14.2 Å². The summed E-state index contributed by atoms with van der Waals surface area (Å²) in [6.07, 6.45) is 70.5. The lowest BCUT2D eigenvalue weighted by molar-refractivity contribution is -0.167. The molecule has 0 rings (SSSR count). The summed E-state index contributed by atoms with van der Waals surface area (Å²) in [5, 5.41) is 0. The first kappa shape index (κ1) is 59.8. The zero-order valence-electron chi connectivity index (χ0n) is 41.0. The molecule has 64 heavy (non-hydrogen) atoms. The number of carbonyl (C=O) groups excluding carboxylic acids is 3. The standard InChI is InChI=1S/C58H92O6/c1-4-7-10-13-16-19-22-25-27-29-31-33-36-39-42-45-48-51-57(60)63-54-55(53-62-56(59)50-47-44-41-38-35-32-24-21-18-15-12-9-6-3)64-58(61)52-49-46-43-40-37-34-30-28-26-23-20-17-14-11-8-5-2/h7,9-10,12,15-16,18-19,21,24-25,27-28,30-33,35,39,42,55H,4-6,8,11,13-14,17,20,22-23,26,29,34,36-38,40-41,43-54H2,1-3H3/b10-7+,12-9+,18-15+,19-16+,24-21+,27-25+,30-28+,33-31+,35-32+,42-39+. The molecule has 0 saturated heterocycles. The Morgan fingerprint density at radius 3 is 1.23 bits per heavy atom. The second-order valence-corrected chi connectivity index (χ2v) is 16.4. The Labute approximate surface area is 392 Å². The molecule has 0 aromatic rings. The lowest BCUT2D eigenvalue weighted by atomic mass is 10.1. The zero-order valence-corrected chi connectivity index (χ0v) is 41.0. The Hall–Kier alpha value is -4.19. The van der Waals surface area contributed by atoms with Crippen LogP contribution in [0.3, 0.4) is 0 Å². The largest absolute Gasteiger partial charge is 0.462 e. The first-order valence-corrected chi connectivity index (χ1v) is 25.6. The van der Waals surface area contributed by atoms with Crippen LogP contribution in [-0.4, -0.2) is 37.2 Å². The summed E-state index contributed by atoms with van der Waals surface area (Å²) in [6.45, 7) is 6.27. The number of carbonyl (C=O) groups is 3. The van der Waals surface area contributed by atoms with E-state index in [9.17, 15) is 14.4 Å². The van der Waals surface area contributed by atoms with Crippen LogP contribution in [0.4, 0.5) is 0 Å². The van der Waals surface area contributed by atoms with Gasteiger partial charge in [0.2, 0.25) is 0 Å². The Morgan fingerprint density at radius 2 is 0.703 bits per heavy atom. The quantitative estimate of drug-likeness (QED) is 0.0199. The average Bonchev–Trinajstić information content (AvgIpc) is 3.29. The molecule has 1 atom stereocenters. The molecule has 0 spiro atoms. The van der Waals surface area contributed by atoms with Gasteiger partial charge in [-0.25, -0.2) is 0 Å².